The fourth-order valence-electron chi connectivity index (χ4n) is 1.77. The van der Waals surface area contributed by atoms with Gasteiger partial charge in [-0.1, -0.05) is 33.8 Å². The number of benzene rings is 1. The Balaban J connectivity index is 1.59. The molecule has 0 atom stereocenters. The Morgan fingerprint density at radius 2 is 1.90 bits per heavy atom. The van der Waals surface area contributed by atoms with Crippen LogP contribution in [0.15, 0.2) is 62.8 Å². The Kier molecular flexibility index (Phi) is 4.67. The summed E-state index contributed by atoms with van der Waals surface area (Å²) < 4.78 is 6.68. The average Bonchev–Trinajstić information content (AvgIpc) is 2.98. The van der Waals surface area contributed by atoms with Crippen molar-refractivity contribution in [2.75, 3.05) is 5.75 Å². The quantitative estimate of drug-likeness (QED) is 0.636. The molecule has 0 aliphatic rings. The molecule has 2 heterocycles. The summed E-state index contributed by atoms with van der Waals surface area (Å²) in [5.74, 6) is 1.40. The Hall–Kier alpha value is -1.66. The van der Waals surface area contributed by atoms with Gasteiger partial charge >= 0.3 is 0 Å². The highest BCUT2D eigenvalue weighted by Gasteiger charge is 2.08. The normalized spacial score (nSPS) is 10.7. The number of aromatic nitrogens is 3. The molecule has 1 aromatic carbocycles. The molecule has 3 rings (SSSR count). The number of hydrogen-bond donors (Lipinski definition) is 0. The lowest BCUT2D eigenvalue weighted by atomic mass is 10.2. The van der Waals surface area contributed by atoms with Crippen LogP contribution in [0.4, 0.5) is 0 Å². The van der Waals surface area contributed by atoms with Crippen molar-refractivity contribution in [3.05, 3.63) is 58.8 Å². The maximum absolute atomic E-state index is 5.65. The standard InChI is InChI=1S/C15H12BrN3OS/c16-12-6-4-11(5-7-12)14-18-19-15(20-14)21-10-8-13-3-1-2-9-17-13/h1-7,9H,8,10H2. The molecule has 0 saturated heterocycles. The molecule has 0 aliphatic heterocycles. The molecule has 21 heavy (non-hydrogen) atoms. The zero-order valence-electron chi connectivity index (χ0n) is 11.1. The van der Waals surface area contributed by atoms with Gasteiger partial charge in [0.15, 0.2) is 0 Å². The number of rotatable bonds is 5. The first-order valence-electron chi connectivity index (χ1n) is 6.43. The Morgan fingerprint density at radius 3 is 2.67 bits per heavy atom. The molecule has 4 nitrogen and oxygen atoms in total. The lowest BCUT2D eigenvalue weighted by molar-refractivity contribution is 0.466. The minimum Gasteiger partial charge on any atom is -0.411 e. The SMILES string of the molecule is Brc1ccc(-c2nnc(SCCc3ccccn3)o2)cc1. The number of halogens is 1. The van der Waals surface area contributed by atoms with Gasteiger partial charge in [0.05, 0.1) is 0 Å². The lowest BCUT2D eigenvalue weighted by Crippen LogP contribution is -1.91. The molecule has 2 aromatic heterocycles. The van der Waals surface area contributed by atoms with Crippen molar-refractivity contribution in [2.45, 2.75) is 11.6 Å². The van der Waals surface area contributed by atoms with Gasteiger partial charge in [0.25, 0.3) is 5.22 Å². The van der Waals surface area contributed by atoms with Gasteiger partial charge in [-0.05, 0) is 42.8 Å². The molecule has 0 N–H and O–H groups in total. The average molecular weight is 362 g/mol. The third-order valence-corrected chi connectivity index (χ3v) is 4.16. The molecule has 0 saturated carbocycles. The molecular weight excluding hydrogens is 350 g/mol. The molecule has 0 unspecified atom stereocenters. The van der Waals surface area contributed by atoms with E-state index in [1.54, 1.807) is 18.0 Å². The molecule has 6 heteroatoms. The first-order chi connectivity index (χ1) is 10.3. The van der Waals surface area contributed by atoms with Gasteiger partial charge in [0, 0.05) is 27.7 Å². The summed E-state index contributed by atoms with van der Waals surface area (Å²) in [5.41, 5.74) is 1.99. The van der Waals surface area contributed by atoms with Gasteiger partial charge in [-0.15, -0.1) is 10.2 Å². The van der Waals surface area contributed by atoms with E-state index in [1.807, 2.05) is 42.5 Å². The second-order valence-corrected chi connectivity index (χ2v) is 6.26. The van der Waals surface area contributed by atoms with Crippen LogP contribution >= 0.6 is 27.7 Å². The largest absolute Gasteiger partial charge is 0.411 e. The number of hydrogen-bond acceptors (Lipinski definition) is 5. The predicted molar refractivity (Wildman–Crippen MR) is 86.1 cm³/mol. The fourth-order valence-corrected chi connectivity index (χ4v) is 2.75. The van der Waals surface area contributed by atoms with Crippen LogP contribution < -0.4 is 0 Å². The van der Waals surface area contributed by atoms with Crippen molar-refractivity contribution in [3.63, 3.8) is 0 Å². The number of thioether (sulfide) groups is 1. The van der Waals surface area contributed by atoms with E-state index in [1.165, 1.54) is 0 Å². The molecule has 3 aromatic rings. The minimum atomic E-state index is 0.544. The topological polar surface area (TPSA) is 51.8 Å². The van der Waals surface area contributed by atoms with E-state index < -0.39 is 0 Å². The summed E-state index contributed by atoms with van der Waals surface area (Å²) in [6.07, 6.45) is 2.68. The van der Waals surface area contributed by atoms with Crippen LogP contribution in [0.5, 0.6) is 0 Å². The van der Waals surface area contributed by atoms with Crippen LogP contribution in [0.1, 0.15) is 5.69 Å². The Labute approximate surface area is 135 Å². The van der Waals surface area contributed by atoms with Gasteiger partial charge < -0.3 is 4.42 Å². The summed E-state index contributed by atoms with van der Waals surface area (Å²) >= 11 is 4.95. The highest BCUT2D eigenvalue weighted by Crippen LogP contribution is 2.24. The first kappa shape index (κ1) is 14.3. The van der Waals surface area contributed by atoms with Crippen molar-refractivity contribution < 1.29 is 4.42 Å². The van der Waals surface area contributed by atoms with Crippen LogP contribution in [0.25, 0.3) is 11.5 Å². The maximum atomic E-state index is 5.65. The van der Waals surface area contributed by atoms with Gasteiger partial charge in [-0.2, -0.15) is 0 Å². The molecule has 0 amide bonds. The van der Waals surface area contributed by atoms with E-state index in [2.05, 4.69) is 31.1 Å². The number of pyridine rings is 1. The molecule has 0 radical (unpaired) electrons. The molecular formula is C15H12BrN3OS. The molecule has 0 fully saturated rings. The molecule has 0 spiro atoms. The fraction of sp³-hybridized carbons (Fsp3) is 0.133. The van der Waals surface area contributed by atoms with Crippen molar-refractivity contribution >= 4 is 27.7 Å². The Bertz CT molecular complexity index is 700. The van der Waals surface area contributed by atoms with E-state index in [9.17, 15) is 0 Å². The van der Waals surface area contributed by atoms with Crippen molar-refractivity contribution in [2.24, 2.45) is 0 Å². The second-order valence-electron chi connectivity index (χ2n) is 4.30. The van der Waals surface area contributed by atoms with Crippen LogP contribution in [-0.2, 0) is 6.42 Å². The zero-order chi connectivity index (χ0) is 14.5. The summed E-state index contributed by atoms with van der Waals surface area (Å²) in [5, 5.41) is 8.72. The van der Waals surface area contributed by atoms with Gasteiger partial charge in [0.1, 0.15) is 0 Å². The first-order valence-corrected chi connectivity index (χ1v) is 8.21. The van der Waals surface area contributed by atoms with Crippen LogP contribution in [-0.4, -0.2) is 20.9 Å². The third kappa shape index (κ3) is 3.92. The van der Waals surface area contributed by atoms with Crippen molar-refractivity contribution in [3.8, 4) is 11.5 Å². The summed E-state index contributed by atoms with van der Waals surface area (Å²) in [6.45, 7) is 0. The summed E-state index contributed by atoms with van der Waals surface area (Å²) in [7, 11) is 0. The van der Waals surface area contributed by atoms with Crippen molar-refractivity contribution in [1.29, 1.82) is 0 Å². The van der Waals surface area contributed by atoms with E-state index in [0.717, 1.165) is 27.9 Å². The predicted octanol–water partition coefficient (Wildman–Crippen LogP) is 4.23. The highest BCUT2D eigenvalue weighted by molar-refractivity contribution is 9.10. The second kappa shape index (κ2) is 6.87. The lowest BCUT2D eigenvalue weighted by Gasteiger charge is -1.97. The smallest absolute Gasteiger partial charge is 0.276 e. The molecule has 0 bridgehead atoms. The van der Waals surface area contributed by atoms with Gasteiger partial charge in [-0.3, -0.25) is 4.98 Å². The van der Waals surface area contributed by atoms with E-state index >= 15 is 0 Å². The van der Waals surface area contributed by atoms with Gasteiger partial charge in [0.2, 0.25) is 5.89 Å². The van der Waals surface area contributed by atoms with Crippen LogP contribution in [0, 0.1) is 0 Å². The summed E-state index contributed by atoms with van der Waals surface area (Å²) in [6, 6.07) is 13.7. The number of aryl methyl sites for hydroxylation is 1. The Morgan fingerprint density at radius 1 is 1.05 bits per heavy atom. The van der Waals surface area contributed by atoms with Crippen molar-refractivity contribution in [1.82, 2.24) is 15.2 Å². The zero-order valence-corrected chi connectivity index (χ0v) is 13.5. The highest BCUT2D eigenvalue weighted by atomic mass is 79.9. The number of nitrogens with zero attached hydrogens (tertiary/aromatic N) is 3. The van der Waals surface area contributed by atoms with E-state index in [0.29, 0.717) is 11.1 Å². The third-order valence-electron chi connectivity index (χ3n) is 2.81. The molecule has 0 aliphatic carbocycles. The van der Waals surface area contributed by atoms with Gasteiger partial charge in [-0.25, -0.2) is 0 Å². The van der Waals surface area contributed by atoms with Crippen LogP contribution in [0.2, 0.25) is 0 Å². The monoisotopic (exact) mass is 361 g/mol. The maximum Gasteiger partial charge on any atom is 0.276 e. The molecule has 106 valence electrons. The summed E-state index contributed by atoms with van der Waals surface area (Å²) in [4.78, 5) is 4.29. The van der Waals surface area contributed by atoms with Crippen LogP contribution in [0.3, 0.4) is 0 Å². The minimum absolute atomic E-state index is 0.544. The van der Waals surface area contributed by atoms with E-state index in [-0.39, 0.29) is 0 Å². The van der Waals surface area contributed by atoms with E-state index in [4.69, 9.17) is 4.42 Å².